The zero-order chi connectivity index (χ0) is 11.3. The Balaban J connectivity index is 2.66. The number of anilines is 1. The molecule has 0 unspecified atom stereocenters. The molecule has 1 rings (SSSR count). The second-order valence-corrected chi connectivity index (χ2v) is 2.66. The molecule has 0 aliphatic rings. The van der Waals surface area contributed by atoms with Gasteiger partial charge in [-0.25, -0.2) is 4.39 Å². The van der Waals surface area contributed by atoms with Crippen molar-refractivity contribution in [2.45, 2.75) is 0 Å². The zero-order valence-electron chi connectivity index (χ0n) is 7.96. The fourth-order valence-electron chi connectivity index (χ4n) is 0.881. The summed E-state index contributed by atoms with van der Waals surface area (Å²) < 4.78 is 29.6. The Morgan fingerprint density at radius 1 is 1.40 bits per heavy atom. The number of carbonyl (C=O) groups excluding carboxylic acids is 1. The van der Waals surface area contributed by atoms with Crippen molar-refractivity contribution in [1.82, 2.24) is 0 Å². The van der Waals surface area contributed by atoms with Crippen LogP contribution in [0.15, 0.2) is 36.4 Å². The van der Waals surface area contributed by atoms with Crippen LogP contribution in [0.3, 0.4) is 0 Å². The molecule has 0 bridgehead atoms. The van der Waals surface area contributed by atoms with Gasteiger partial charge in [0, 0.05) is 5.69 Å². The predicted molar refractivity (Wildman–Crippen MR) is 51.2 cm³/mol. The predicted octanol–water partition coefficient (Wildman–Crippen LogP) is 2.22. The van der Waals surface area contributed by atoms with Gasteiger partial charge in [0.25, 0.3) is 5.91 Å². The highest BCUT2D eigenvalue weighted by Gasteiger charge is 2.08. The quantitative estimate of drug-likeness (QED) is 0.617. The molecule has 0 aliphatic heterocycles. The van der Waals surface area contributed by atoms with Crippen LogP contribution in [0.5, 0.6) is 0 Å². The first-order chi connectivity index (χ1) is 7.13. The second-order valence-electron chi connectivity index (χ2n) is 2.66. The van der Waals surface area contributed by atoms with Gasteiger partial charge in [0.2, 0.25) is 5.83 Å². The van der Waals surface area contributed by atoms with E-state index in [4.69, 9.17) is 0 Å². The van der Waals surface area contributed by atoms with Crippen LogP contribution < -0.4 is 5.32 Å². The lowest BCUT2D eigenvalue weighted by Gasteiger charge is -2.02. The number of methoxy groups -OCH3 is 1. The minimum absolute atomic E-state index is 0.307. The summed E-state index contributed by atoms with van der Waals surface area (Å²) in [5.74, 6) is -2.42. The van der Waals surface area contributed by atoms with Gasteiger partial charge in [-0.05, 0) is 24.3 Å². The van der Waals surface area contributed by atoms with E-state index >= 15 is 0 Å². The third-order valence-electron chi connectivity index (χ3n) is 1.54. The standard InChI is InChI=1S/C10H9F2NO2/c1-15-6-9(12)10(14)13-8-4-2-7(11)3-5-8/h2-6H,1H3,(H,13,14)/b9-6-. The van der Waals surface area contributed by atoms with Crippen LogP contribution >= 0.6 is 0 Å². The summed E-state index contributed by atoms with van der Waals surface area (Å²) >= 11 is 0. The van der Waals surface area contributed by atoms with Crippen molar-refractivity contribution in [2.24, 2.45) is 0 Å². The number of carbonyl (C=O) groups is 1. The van der Waals surface area contributed by atoms with Crippen molar-refractivity contribution in [3.63, 3.8) is 0 Å². The van der Waals surface area contributed by atoms with Gasteiger partial charge in [-0.15, -0.1) is 0 Å². The molecule has 1 aromatic rings. The third-order valence-corrected chi connectivity index (χ3v) is 1.54. The van der Waals surface area contributed by atoms with Crippen LogP contribution in [0.25, 0.3) is 0 Å². The van der Waals surface area contributed by atoms with Crippen molar-refractivity contribution in [3.05, 3.63) is 42.2 Å². The van der Waals surface area contributed by atoms with E-state index in [0.717, 1.165) is 12.1 Å². The lowest BCUT2D eigenvalue weighted by Crippen LogP contribution is -2.12. The first-order valence-electron chi connectivity index (χ1n) is 4.09. The van der Waals surface area contributed by atoms with E-state index < -0.39 is 17.6 Å². The monoisotopic (exact) mass is 213 g/mol. The van der Waals surface area contributed by atoms with Crippen LogP contribution in [0.1, 0.15) is 0 Å². The Kier molecular flexibility index (Phi) is 3.79. The van der Waals surface area contributed by atoms with Gasteiger partial charge in [0.15, 0.2) is 0 Å². The summed E-state index contributed by atoms with van der Waals surface area (Å²) in [6.45, 7) is 0. The Morgan fingerprint density at radius 3 is 2.53 bits per heavy atom. The molecule has 0 spiro atoms. The van der Waals surface area contributed by atoms with Crippen molar-refractivity contribution < 1.29 is 18.3 Å². The van der Waals surface area contributed by atoms with E-state index in [1.165, 1.54) is 19.2 Å². The van der Waals surface area contributed by atoms with Gasteiger partial charge in [-0.2, -0.15) is 4.39 Å². The lowest BCUT2D eigenvalue weighted by molar-refractivity contribution is -0.114. The molecular formula is C10H9F2NO2. The van der Waals surface area contributed by atoms with E-state index in [2.05, 4.69) is 10.1 Å². The van der Waals surface area contributed by atoms with Crippen LogP contribution in [0, 0.1) is 5.82 Å². The Labute approximate surface area is 85.4 Å². The molecule has 0 heterocycles. The molecule has 1 aromatic carbocycles. The minimum Gasteiger partial charge on any atom is -0.501 e. The van der Waals surface area contributed by atoms with Gasteiger partial charge in [-0.3, -0.25) is 4.79 Å². The van der Waals surface area contributed by atoms with E-state index in [1.807, 2.05) is 0 Å². The van der Waals surface area contributed by atoms with Crippen LogP contribution in [-0.2, 0) is 9.53 Å². The fourth-order valence-corrected chi connectivity index (χ4v) is 0.881. The van der Waals surface area contributed by atoms with Crippen molar-refractivity contribution >= 4 is 11.6 Å². The molecule has 0 radical (unpaired) electrons. The number of amides is 1. The highest BCUT2D eigenvalue weighted by atomic mass is 19.1. The van der Waals surface area contributed by atoms with Gasteiger partial charge in [0.05, 0.1) is 7.11 Å². The maximum absolute atomic E-state index is 12.8. The number of nitrogens with one attached hydrogen (secondary N) is 1. The Bertz CT molecular complexity index is 374. The van der Waals surface area contributed by atoms with E-state index in [9.17, 15) is 13.6 Å². The molecule has 0 saturated carbocycles. The summed E-state index contributed by atoms with van der Waals surface area (Å²) in [5, 5.41) is 2.22. The first-order valence-corrected chi connectivity index (χ1v) is 4.09. The Hall–Kier alpha value is -1.91. The average molecular weight is 213 g/mol. The van der Waals surface area contributed by atoms with E-state index in [1.54, 1.807) is 0 Å². The maximum atomic E-state index is 12.8. The minimum atomic E-state index is -1.05. The van der Waals surface area contributed by atoms with Gasteiger partial charge < -0.3 is 10.1 Å². The van der Waals surface area contributed by atoms with Crippen molar-refractivity contribution in [2.75, 3.05) is 12.4 Å². The molecule has 0 fully saturated rings. The third kappa shape index (κ3) is 3.38. The highest BCUT2D eigenvalue weighted by molar-refractivity contribution is 6.01. The molecule has 5 heteroatoms. The number of rotatable bonds is 3. The molecule has 15 heavy (non-hydrogen) atoms. The largest absolute Gasteiger partial charge is 0.501 e. The van der Waals surface area contributed by atoms with Crippen LogP contribution in [-0.4, -0.2) is 13.0 Å². The molecule has 80 valence electrons. The number of hydrogen-bond donors (Lipinski definition) is 1. The first kappa shape index (κ1) is 11.2. The van der Waals surface area contributed by atoms with E-state index in [0.29, 0.717) is 11.9 Å². The maximum Gasteiger partial charge on any atom is 0.287 e. The van der Waals surface area contributed by atoms with Gasteiger partial charge in [-0.1, -0.05) is 0 Å². The summed E-state index contributed by atoms with van der Waals surface area (Å²) in [4.78, 5) is 11.1. The summed E-state index contributed by atoms with van der Waals surface area (Å²) in [7, 11) is 1.23. The fraction of sp³-hybridized carbons (Fsp3) is 0.100. The van der Waals surface area contributed by atoms with Crippen LogP contribution in [0.2, 0.25) is 0 Å². The number of benzene rings is 1. The summed E-state index contributed by atoms with van der Waals surface area (Å²) in [5.41, 5.74) is 0.307. The van der Waals surface area contributed by atoms with Crippen molar-refractivity contribution in [1.29, 1.82) is 0 Å². The molecule has 0 aromatic heterocycles. The molecular weight excluding hydrogens is 204 g/mol. The SMILES string of the molecule is CO/C=C(\F)C(=O)Nc1ccc(F)cc1. The number of ether oxygens (including phenoxy) is 1. The second kappa shape index (κ2) is 5.09. The average Bonchev–Trinajstić information content (AvgIpc) is 2.22. The zero-order valence-corrected chi connectivity index (χ0v) is 7.96. The van der Waals surface area contributed by atoms with Gasteiger partial charge in [0.1, 0.15) is 12.1 Å². The molecule has 0 saturated heterocycles. The highest BCUT2D eigenvalue weighted by Crippen LogP contribution is 2.10. The van der Waals surface area contributed by atoms with Crippen LogP contribution in [0.4, 0.5) is 14.5 Å². The lowest BCUT2D eigenvalue weighted by atomic mass is 10.3. The van der Waals surface area contributed by atoms with Crippen molar-refractivity contribution in [3.8, 4) is 0 Å². The van der Waals surface area contributed by atoms with Gasteiger partial charge >= 0.3 is 0 Å². The smallest absolute Gasteiger partial charge is 0.287 e. The summed E-state index contributed by atoms with van der Waals surface area (Å²) in [6.07, 6.45) is 0.679. The Morgan fingerprint density at radius 2 is 2.00 bits per heavy atom. The summed E-state index contributed by atoms with van der Waals surface area (Å²) in [6, 6.07) is 4.97. The topological polar surface area (TPSA) is 38.3 Å². The molecule has 1 amide bonds. The molecule has 3 nitrogen and oxygen atoms in total. The molecule has 0 atom stereocenters. The normalized spacial score (nSPS) is 11.0. The van der Waals surface area contributed by atoms with E-state index in [-0.39, 0.29) is 0 Å². The molecule has 1 N–H and O–H groups in total. The number of hydrogen-bond acceptors (Lipinski definition) is 2. The molecule has 0 aliphatic carbocycles. The number of halogens is 2.